The summed E-state index contributed by atoms with van der Waals surface area (Å²) in [4.78, 5) is 22.5. The van der Waals surface area contributed by atoms with Crippen molar-refractivity contribution < 1.29 is 28.3 Å². The predicted molar refractivity (Wildman–Crippen MR) is 68.7 cm³/mol. The van der Waals surface area contributed by atoms with Crippen LogP contribution in [0.5, 0.6) is 5.75 Å². The standard InChI is InChI=1S/C13H11FN2O5/c1-7-5-10(16-21-7)15-11(17)6-20-9-4-2-3-8(14)12(9)13(18)19/h2-5H,6H2,1H3,(H,18,19)(H,15,16,17). The van der Waals surface area contributed by atoms with Gasteiger partial charge in [0.1, 0.15) is 22.9 Å². The van der Waals surface area contributed by atoms with Crippen molar-refractivity contribution in [2.45, 2.75) is 6.92 Å². The Kier molecular flexibility index (Phi) is 4.17. The highest BCUT2D eigenvalue weighted by Crippen LogP contribution is 2.21. The van der Waals surface area contributed by atoms with Gasteiger partial charge in [0.05, 0.1) is 0 Å². The maximum absolute atomic E-state index is 13.4. The maximum Gasteiger partial charge on any atom is 0.342 e. The Hall–Kier alpha value is -2.90. The first-order valence-corrected chi connectivity index (χ1v) is 5.85. The molecule has 1 aromatic carbocycles. The number of carboxylic acids is 1. The van der Waals surface area contributed by atoms with Crippen molar-refractivity contribution in [2.24, 2.45) is 0 Å². The van der Waals surface area contributed by atoms with Gasteiger partial charge in [-0.1, -0.05) is 11.2 Å². The second kappa shape index (κ2) is 6.04. The number of nitrogens with one attached hydrogen (secondary N) is 1. The molecule has 2 rings (SSSR count). The van der Waals surface area contributed by atoms with E-state index in [4.69, 9.17) is 14.4 Å². The molecule has 2 aromatic rings. The van der Waals surface area contributed by atoms with E-state index < -0.39 is 29.9 Å². The number of aromatic nitrogens is 1. The number of nitrogens with zero attached hydrogens (tertiary/aromatic N) is 1. The number of amides is 1. The van der Waals surface area contributed by atoms with Gasteiger partial charge >= 0.3 is 5.97 Å². The van der Waals surface area contributed by atoms with Crippen molar-refractivity contribution in [1.82, 2.24) is 5.16 Å². The van der Waals surface area contributed by atoms with E-state index in [-0.39, 0.29) is 11.6 Å². The Labute approximate surface area is 118 Å². The van der Waals surface area contributed by atoms with Gasteiger partial charge in [-0.15, -0.1) is 0 Å². The number of benzene rings is 1. The molecule has 1 heterocycles. The number of halogens is 1. The Morgan fingerprint density at radius 3 is 2.86 bits per heavy atom. The van der Waals surface area contributed by atoms with E-state index in [1.54, 1.807) is 6.92 Å². The molecule has 1 amide bonds. The normalized spacial score (nSPS) is 10.2. The van der Waals surface area contributed by atoms with Crippen LogP contribution >= 0.6 is 0 Å². The summed E-state index contributed by atoms with van der Waals surface area (Å²) < 4.78 is 23.2. The van der Waals surface area contributed by atoms with Crippen LogP contribution in [0.3, 0.4) is 0 Å². The topological polar surface area (TPSA) is 102 Å². The monoisotopic (exact) mass is 294 g/mol. The van der Waals surface area contributed by atoms with Gasteiger partial charge < -0.3 is 19.7 Å². The zero-order chi connectivity index (χ0) is 15.4. The lowest BCUT2D eigenvalue weighted by atomic mass is 10.2. The summed E-state index contributed by atoms with van der Waals surface area (Å²) in [6, 6.07) is 5.05. The molecule has 8 heteroatoms. The van der Waals surface area contributed by atoms with Gasteiger partial charge in [0.15, 0.2) is 12.4 Å². The second-order valence-electron chi connectivity index (χ2n) is 4.08. The molecule has 0 spiro atoms. The van der Waals surface area contributed by atoms with Gasteiger partial charge in [-0.2, -0.15) is 0 Å². The highest BCUT2D eigenvalue weighted by molar-refractivity contribution is 5.92. The lowest BCUT2D eigenvalue weighted by Gasteiger charge is -2.09. The number of hydrogen-bond acceptors (Lipinski definition) is 5. The number of carboxylic acid groups (broad SMARTS) is 1. The molecule has 0 saturated carbocycles. The largest absolute Gasteiger partial charge is 0.483 e. The quantitative estimate of drug-likeness (QED) is 0.872. The number of ether oxygens (including phenoxy) is 1. The van der Waals surface area contributed by atoms with Crippen molar-refractivity contribution in [2.75, 3.05) is 11.9 Å². The fourth-order valence-corrected chi connectivity index (χ4v) is 1.58. The number of carbonyl (C=O) groups excluding carboxylic acids is 1. The predicted octanol–water partition coefficient (Wildman–Crippen LogP) is 1.84. The first-order valence-electron chi connectivity index (χ1n) is 5.85. The number of hydrogen-bond donors (Lipinski definition) is 2. The third-order valence-corrected chi connectivity index (χ3v) is 2.44. The molecule has 0 radical (unpaired) electrons. The van der Waals surface area contributed by atoms with Crippen molar-refractivity contribution >= 4 is 17.7 Å². The zero-order valence-corrected chi connectivity index (χ0v) is 10.9. The summed E-state index contributed by atoms with van der Waals surface area (Å²) in [5.74, 6) is -2.50. The van der Waals surface area contributed by atoms with Gasteiger partial charge in [-0.3, -0.25) is 4.79 Å². The van der Waals surface area contributed by atoms with Crippen LogP contribution < -0.4 is 10.1 Å². The molecule has 21 heavy (non-hydrogen) atoms. The Morgan fingerprint density at radius 1 is 1.48 bits per heavy atom. The fraction of sp³-hybridized carbons (Fsp3) is 0.154. The van der Waals surface area contributed by atoms with Crippen molar-refractivity contribution in [3.05, 3.63) is 41.4 Å². The number of aromatic carboxylic acids is 1. The van der Waals surface area contributed by atoms with E-state index in [1.165, 1.54) is 18.2 Å². The lowest BCUT2D eigenvalue weighted by Crippen LogP contribution is -2.21. The summed E-state index contributed by atoms with van der Waals surface area (Å²) in [6.45, 7) is 1.17. The van der Waals surface area contributed by atoms with Crippen LogP contribution in [0.15, 0.2) is 28.8 Å². The number of anilines is 1. The molecule has 0 aliphatic heterocycles. The first kappa shape index (κ1) is 14.5. The minimum absolute atomic E-state index is 0.207. The molecule has 0 aliphatic rings. The van der Waals surface area contributed by atoms with Gasteiger partial charge in [0.25, 0.3) is 5.91 Å². The van der Waals surface area contributed by atoms with Crippen LogP contribution in [0.2, 0.25) is 0 Å². The molecule has 0 bridgehead atoms. The summed E-state index contributed by atoms with van der Waals surface area (Å²) >= 11 is 0. The molecule has 0 unspecified atom stereocenters. The average molecular weight is 294 g/mol. The van der Waals surface area contributed by atoms with Crippen LogP contribution in [-0.4, -0.2) is 28.7 Å². The van der Waals surface area contributed by atoms with Crippen LogP contribution in [0, 0.1) is 12.7 Å². The van der Waals surface area contributed by atoms with Crippen molar-refractivity contribution in [3.8, 4) is 5.75 Å². The number of carbonyl (C=O) groups is 2. The van der Waals surface area contributed by atoms with Crippen molar-refractivity contribution in [3.63, 3.8) is 0 Å². The third-order valence-electron chi connectivity index (χ3n) is 2.44. The van der Waals surface area contributed by atoms with Gasteiger partial charge in [0, 0.05) is 6.07 Å². The fourth-order valence-electron chi connectivity index (χ4n) is 1.58. The van der Waals surface area contributed by atoms with E-state index in [9.17, 15) is 14.0 Å². The maximum atomic E-state index is 13.4. The van der Waals surface area contributed by atoms with Crippen LogP contribution in [0.4, 0.5) is 10.2 Å². The SMILES string of the molecule is Cc1cc(NC(=O)COc2cccc(F)c2C(=O)O)no1. The van der Waals surface area contributed by atoms with E-state index in [2.05, 4.69) is 10.5 Å². The number of aryl methyl sites for hydroxylation is 1. The van der Waals surface area contributed by atoms with E-state index in [0.29, 0.717) is 5.76 Å². The van der Waals surface area contributed by atoms with E-state index >= 15 is 0 Å². The van der Waals surface area contributed by atoms with Crippen molar-refractivity contribution in [1.29, 1.82) is 0 Å². The van der Waals surface area contributed by atoms with Crippen LogP contribution in [-0.2, 0) is 4.79 Å². The molecule has 0 aliphatic carbocycles. The van der Waals surface area contributed by atoms with E-state index in [1.807, 2.05) is 0 Å². The molecular formula is C13H11FN2O5. The third kappa shape index (κ3) is 3.56. The van der Waals surface area contributed by atoms with Crippen LogP contribution in [0.1, 0.15) is 16.1 Å². The molecule has 0 fully saturated rings. The second-order valence-corrected chi connectivity index (χ2v) is 4.08. The molecule has 0 saturated heterocycles. The average Bonchev–Trinajstić information content (AvgIpc) is 2.81. The summed E-state index contributed by atoms with van der Waals surface area (Å²) in [5, 5.41) is 14.8. The smallest absolute Gasteiger partial charge is 0.342 e. The Balaban J connectivity index is 2.01. The molecule has 7 nitrogen and oxygen atoms in total. The first-order chi connectivity index (χ1) is 9.97. The Morgan fingerprint density at radius 2 is 2.24 bits per heavy atom. The summed E-state index contributed by atoms with van der Waals surface area (Å²) in [5.41, 5.74) is -0.623. The Bertz CT molecular complexity index is 683. The molecular weight excluding hydrogens is 283 g/mol. The highest BCUT2D eigenvalue weighted by Gasteiger charge is 2.17. The van der Waals surface area contributed by atoms with E-state index in [0.717, 1.165) is 6.07 Å². The molecule has 1 aromatic heterocycles. The van der Waals surface area contributed by atoms with Gasteiger partial charge in [0.2, 0.25) is 0 Å². The summed E-state index contributed by atoms with van der Waals surface area (Å²) in [7, 11) is 0. The highest BCUT2D eigenvalue weighted by atomic mass is 19.1. The lowest BCUT2D eigenvalue weighted by molar-refractivity contribution is -0.118. The zero-order valence-electron chi connectivity index (χ0n) is 10.9. The number of rotatable bonds is 5. The molecule has 0 atom stereocenters. The minimum atomic E-state index is -1.48. The van der Waals surface area contributed by atoms with Gasteiger partial charge in [-0.25, -0.2) is 9.18 Å². The van der Waals surface area contributed by atoms with Gasteiger partial charge in [-0.05, 0) is 19.1 Å². The molecule has 110 valence electrons. The van der Waals surface area contributed by atoms with Crippen LogP contribution in [0.25, 0.3) is 0 Å². The summed E-state index contributed by atoms with van der Waals surface area (Å²) in [6.07, 6.45) is 0. The molecule has 2 N–H and O–H groups in total. The minimum Gasteiger partial charge on any atom is -0.483 e.